The number of anilines is 1. The second-order valence-electron chi connectivity index (χ2n) is 4.99. The van der Waals surface area contributed by atoms with E-state index in [1.807, 2.05) is 0 Å². The molecular formula is C13H16N4O4S. The van der Waals surface area contributed by atoms with Crippen LogP contribution in [0.1, 0.15) is 17.0 Å². The molecule has 1 N–H and O–H groups in total. The highest BCUT2D eigenvalue weighted by Gasteiger charge is 2.24. The first-order valence-corrected chi connectivity index (χ1v) is 7.90. The highest BCUT2D eigenvalue weighted by Crippen LogP contribution is 2.26. The summed E-state index contributed by atoms with van der Waals surface area (Å²) < 4.78 is 29.0. The minimum absolute atomic E-state index is 0.0887. The molecule has 2 rings (SSSR count). The Morgan fingerprint density at radius 1 is 1.27 bits per heavy atom. The van der Waals surface area contributed by atoms with E-state index in [-0.39, 0.29) is 10.6 Å². The molecule has 0 unspecified atom stereocenters. The number of hydrogen-bond donors (Lipinski definition) is 1. The van der Waals surface area contributed by atoms with Gasteiger partial charge in [-0.3, -0.25) is 19.5 Å². The molecule has 8 nitrogen and oxygen atoms in total. The molecule has 0 aliphatic carbocycles. The van der Waals surface area contributed by atoms with Crippen molar-refractivity contribution in [3.8, 4) is 0 Å². The molecule has 118 valence electrons. The fourth-order valence-corrected chi connectivity index (χ4v) is 3.79. The van der Waals surface area contributed by atoms with Gasteiger partial charge in [-0.15, -0.1) is 0 Å². The van der Waals surface area contributed by atoms with Gasteiger partial charge in [0.05, 0.1) is 22.0 Å². The third-order valence-corrected chi connectivity index (χ3v) is 4.99. The van der Waals surface area contributed by atoms with E-state index >= 15 is 0 Å². The monoisotopic (exact) mass is 324 g/mol. The SMILES string of the molecule is Cc1cc([N+](=O)[O-])ccc1NS(=O)(=O)c1c(C)nn(C)c1C. The molecular weight excluding hydrogens is 308 g/mol. The fraction of sp³-hybridized carbons (Fsp3) is 0.308. The quantitative estimate of drug-likeness (QED) is 0.684. The summed E-state index contributed by atoms with van der Waals surface area (Å²) >= 11 is 0. The third kappa shape index (κ3) is 2.80. The summed E-state index contributed by atoms with van der Waals surface area (Å²) in [6, 6.07) is 3.96. The minimum atomic E-state index is -3.81. The summed E-state index contributed by atoms with van der Waals surface area (Å²) in [5, 5.41) is 14.8. The number of hydrogen-bond acceptors (Lipinski definition) is 5. The molecule has 9 heteroatoms. The molecule has 0 spiro atoms. The summed E-state index contributed by atoms with van der Waals surface area (Å²) in [6.45, 7) is 4.88. The normalized spacial score (nSPS) is 11.5. The van der Waals surface area contributed by atoms with Crippen molar-refractivity contribution < 1.29 is 13.3 Å². The van der Waals surface area contributed by atoms with Crippen LogP contribution in [-0.2, 0) is 17.1 Å². The van der Waals surface area contributed by atoms with Gasteiger partial charge in [-0.1, -0.05) is 0 Å². The lowest BCUT2D eigenvalue weighted by molar-refractivity contribution is -0.384. The lowest BCUT2D eigenvalue weighted by Gasteiger charge is -2.10. The van der Waals surface area contributed by atoms with Crippen LogP contribution in [0.2, 0.25) is 0 Å². The highest BCUT2D eigenvalue weighted by molar-refractivity contribution is 7.92. The molecule has 0 atom stereocenters. The first-order valence-electron chi connectivity index (χ1n) is 6.41. The third-order valence-electron chi connectivity index (χ3n) is 3.38. The Balaban J connectivity index is 2.43. The largest absolute Gasteiger partial charge is 0.279 e. The van der Waals surface area contributed by atoms with Crippen LogP contribution in [0.3, 0.4) is 0 Å². The molecule has 22 heavy (non-hydrogen) atoms. The lowest BCUT2D eigenvalue weighted by Crippen LogP contribution is -2.15. The van der Waals surface area contributed by atoms with Crippen LogP contribution in [-0.4, -0.2) is 23.1 Å². The second-order valence-corrected chi connectivity index (χ2v) is 6.60. The maximum Gasteiger partial charge on any atom is 0.269 e. The van der Waals surface area contributed by atoms with Crippen molar-refractivity contribution in [2.75, 3.05) is 4.72 Å². The molecule has 0 radical (unpaired) electrons. The van der Waals surface area contributed by atoms with Gasteiger partial charge in [-0.25, -0.2) is 8.42 Å². The first kappa shape index (κ1) is 16.0. The van der Waals surface area contributed by atoms with Crippen molar-refractivity contribution in [2.24, 2.45) is 7.05 Å². The van der Waals surface area contributed by atoms with Crippen molar-refractivity contribution in [3.63, 3.8) is 0 Å². The topological polar surface area (TPSA) is 107 Å². The van der Waals surface area contributed by atoms with E-state index in [2.05, 4.69) is 9.82 Å². The number of aryl methyl sites for hydroxylation is 3. The number of nitrogens with zero attached hydrogens (tertiary/aromatic N) is 3. The molecule has 1 aromatic heterocycles. The van der Waals surface area contributed by atoms with E-state index in [9.17, 15) is 18.5 Å². The molecule has 0 saturated carbocycles. The van der Waals surface area contributed by atoms with Crippen LogP contribution in [0.15, 0.2) is 23.1 Å². The Kier molecular flexibility index (Phi) is 3.92. The Labute approximate surface area is 128 Å². The first-order chi connectivity index (χ1) is 10.1. The van der Waals surface area contributed by atoms with Gasteiger partial charge in [0.1, 0.15) is 4.90 Å². The second kappa shape index (κ2) is 5.41. The van der Waals surface area contributed by atoms with Crippen LogP contribution >= 0.6 is 0 Å². The van der Waals surface area contributed by atoms with Crippen LogP contribution < -0.4 is 4.72 Å². The van der Waals surface area contributed by atoms with Gasteiger partial charge in [0.2, 0.25) is 0 Å². The number of aromatic nitrogens is 2. The van der Waals surface area contributed by atoms with Crippen LogP contribution in [0, 0.1) is 30.9 Å². The van der Waals surface area contributed by atoms with E-state index in [4.69, 9.17) is 0 Å². The fourth-order valence-electron chi connectivity index (χ4n) is 2.21. The summed E-state index contributed by atoms with van der Waals surface area (Å²) in [4.78, 5) is 10.3. The Morgan fingerprint density at radius 2 is 1.91 bits per heavy atom. The molecule has 0 amide bonds. The predicted molar refractivity (Wildman–Crippen MR) is 81.3 cm³/mol. The highest BCUT2D eigenvalue weighted by atomic mass is 32.2. The zero-order valence-electron chi connectivity index (χ0n) is 12.6. The number of sulfonamides is 1. The maximum absolute atomic E-state index is 12.5. The van der Waals surface area contributed by atoms with Crippen molar-refractivity contribution in [2.45, 2.75) is 25.7 Å². The summed E-state index contributed by atoms with van der Waals surface area (Å²) in [5.74, 6) is 0. The molecule has 0 aliphatic heterocycles. The summed E-state index contributed by atoms with van der Waals surface area (Å²) in [5.41, 5.74) is 1.59. The molecule has 1 aromatic carbocycles. The standard InChI is InChI=1S/C13H16N4O4S/c1-8-7-11(17(18)19)5-6-12(8)15-22(20,21)13-9(2)14-16(4)10(13)3/h5-7,15H,1-4H3. The minimum Gasteiger partial charge on any atom is -0.279 e. The van der Waals surface area contributed by atoms with Crippen molar-refractivity contribution in [3.05, 3.63) is 45.3 Å². The van der Waals surface area contributed by atoms with Gasteiger partial charge in [-0.2, -0.15) is 5.10 Å². The zero-order valence-corrected chi connectivity index (χ0v) is 13.4. The van der Waals surface area contributed by atoms with E-state index in [1.165, 1.54) is 22.9 Å². The van der Waals surface area contributed by atoms with Crippen LogP contribution in [0.5, 0.6) is 0 Å². The van der Waals surface area contributed by atoms with Crippen LogP contribution in [0.4, 0.5) is 11.4 Å². The predicted octanol–water partition coefficient (Wildman–Crippen LogP) is 2.05. The van der Waals surface area contributed by atoms with E-state index < -0.39 is 14.9 Å². The van der Waals surface area contributed by atoms with Gasteiger partial charge in [0, 0.05) is 19.2 Å². The maximum atomic E-state index is 12.5. The number of nitrogens with one attached hydrogen (secondary N) is 1. The molecule has 0 saturated heterocycles. The summed E-state index contributed by atoms with van der Waals surface area (Å²) in [6.07, 6.45) is 0. The number of non-ortho nitro benzene ring substituents is 1. The van der Waals surface area contributed by atoms with Gasteiger partial charge >= 0.3 is 0 Å². The molecule has 0 bridgehead atoms. The lowest BCUT2D eigenvalue weighted by atomic mass is 10.2. The van der Waals surface area contributed by atoms with Gasteiger partial charge in [-0.05, 0) is 32.4 Å². The van der Waals surface area contributed by atoms with E-state index in [1.54, 1.807) is 27.8 Å². The smallest absolute Gasteiger partial charge is 0.269 e. The zero-order chi connectivity index (χ0) is 16.7. The van der Waals surface area contributed by atoms with E-state index in [0.717, 1.165) is 0 Å². The van der Waals surface area contributed by atoms with E-state index in [0.29, 0.717) is 22.6 Å². The Hall–Kier alpha value is -2.42. The van der Waals surface area contributed by atoms with Crippen molar-refractivity contribution in [1.29, 1.82) is 0 Å². The number of rotatable bonds is 4. The molecule has 1 heterocycles. The number of benzene rings is 1. The summed E-state index contributed by atoms with van der Waals surface area (Å²) in [7, 11) is -2.15. The van der Waals surface area contributed by atoms with Crippen molar-refractivity contribution in [1.82, 2.24) is 9.78 Å². The Morgan fingerprint density at radius 3 is 2.36 bits per heavy atom. The van der Waals surface area contributed by atoms with Crippen LogP contribution in [0.25, 0.3) is 0 Å². The molecule has 0 fully saturated rings. The average molecular weight is 324 g/mol. The van der Waals surface area contributed by atoms with Crippen molar-refractivity contribution >= 4 is 21.4 Å². The number of nitro benzene ring substituents is 1. The molecule has 0 aliphatic rings. The Bertz CT molecular complexity index is 855. The molecule has 2 aromatic rings. The van der Waals surface area contributed by atoms with Gasteiger partial charge in [0.15, 0.2) is 0 Å². The van der Waals surface area contributed by atoms with Gasteiger partial charge < -0.3 is 0 Å². The average Bonchev–Trinajstić information content (AvgIpc) is 2.65. The number of nitro groups is 1. The van der Waals surface area contributed by atoms with Gasteiger partial charge in [0.25, 0.3) is 15.7 Å².